The third kappa shape index (κ3) is 2.33. The molecule has 0 bridgehead atoms. The first-order chi connectivity index (χ1) is 9.90. The molecule has 2 heterocycles. The Labute approximate surface area is 122 Å². The number of aryl methyl sites for hydroxylation is 2. The Kier molecular flexibility index (Phi) is 3.09. The van der Waals surface area contributed by atoms with Crippen molar-refractivity contribution in [1.29, 1.82) is 0 Å². The molecule has 3 rings (SSSR count). The summed E-state index contributed by atoms with van der Waals surface area (Å²) in [4.78, 5) is 8.98. The molecule has 0 saturated heterocycles. The van der Waals surface area contributed by atoms with Gasteiger partial charge in [-0.05, 0) is 19.1 Å². The van der Waals surface area contributed by atoms with E-state index in [4.69, 9.17) is 0 Å². The number of hydrogen-bond donors (Lipinski definition) is 1. The normalized spacial score (nSPS) is 12.1. The monoisotopic (exact) mass is 304 g/mol. The van der Waals surface area contributed by atoms with Gasteiger partial charge in [0.1, 0.15) is 11.3 Å². The van der Waals surface area contributed by atoms with Gasteiger partial charge < -0.3 is 0 Å². The molecule has 0 amide bonds. The van der Waals surface area contributed by atoms with Crippen LogP contribution in [0.25, 0.3) is 16.6 Å². The summed E-state index contributed by atoms with van der Waals surface area (Å²) >= 11 is 0. The molecule has 0 unspecified atom stereocenters. The summed E-state index contributed by atoms with van der Waals surface area (Å²) in [5.74, 6) is 1.21. The van der Waals surface area contributed by atoms with Crippen molar-refractivity contribution in [2.75, 3.05) is 11.0 Å². The van der Waals surface area contributed by atoms with Gasteiger partial charge in [-0.15, -0.1) is 0 Å². The summed E-state index contributed by atoms with van der Waals surface area (Å²) in [6.45, 7) is 3.88. The second-order valence-corrected chi connectivity index (χ2v) is 6.72. The summed E-state index contributed by atoms with van der Waals surface area (Å²) < 4.78 is 27.6. The molecule has 7 heteroatoms. The summed E-state index contributed by atoms with van der Waals surface area (Å²) in [5.41, 5.74) is 3.11. The SMILES string of the molecule is CCc1nc(C)c2c(NS(C)(=O)=O)nc3ccccc3n12. The Hall–Kier alpha value is -2.15. The minimum atomic E-state index is -3.41. The Morgan fingerprint density at radius 1 is 1.24 bits per heavy atom. The molecule has 0 radical (unpaired) electrons. The lowest BCUT2D eigenvalue weighted by atomic mass is 10.2. The number of para-hydroxylation sites is 2. The maximum Gasteiger partial charge on any atom is 0.231 e. The number of anilines is 1. The van der Waals surface area contributed by atoms with Crippen LogP contribution >= 0.6 is 0 Å². The number of nitrogens with zero attached hydrogens (tertiary/aromatic N) is 3. The summed E-state index contributed by atoms with van der Waals surface area (Å²) in [5, 5.41) is 0. The molecule has 21 heavy (non-hydrogen) atoms. The van der Waals surface area contributed by atoms with Crippen LogP contribution in [-0.4, -0.2) is 29.0 Å². The van der Waals surface area contributed by atoms with Gasteiger partial charge in [0.05, 0.1) is 23.0 Å². The maximum atomic E-state index is 11.6. The highest BCUT2D eigenvalue weighted by Gasteiger charge is 2.17. The summed E-state index contributed by atoms with van der Waals surface area (Å²) in [6, 6.07) is 7.62. The van der Waals surface area contributed by atoms with Gasteiger partial charge in [-0.3, -0.25) is 9.12 Å². The number of sulfonamides is 1. The number of hydrogen-bond acceptors (Lipinski definition) is 4. The van der Waals surface area contributed by atoms with E-state index in [-0.39, 0.29) is 0 Å². The largest absolute Gasteiger partial charge is 0.291 e. The van der Waals surface area contributed by atoms with Gasteiger partial charge in [0, 0.05) is 6.42 Å². The first-order valence-electron chi connectivity index (χ1n) is 6.65. The topological polar surface area (TPSA) is 76.4 Å². The standard InChI is InChI=1S/C14H16N4O2S/c1-4-12-15-9(2)13-14(17-21(3,19)20)16-10-7-5-6-8-11(10)18(12)13/h5-8H,4H2,1-3H3,(H,16,17). The van der Waals surface area contributed by atoms with Gasteiger partial charge in [0.2, 0.25) is 10.0 Å². The third-order valence-corrected chi connectivity index (χ3v) is 3.86. The Morgan fingerprint density at radius 2 is 1.95 bits per heavy atom. The summed E-state index contributed by atoms with van der Waals surface area (Å²) in [6.07, 6.45) is 1.87. The van der Waals surface area contributed by atoms with Crippen molar-refractivity contribution in [2.45, 2.75) is 20.3 Å². The van der Waals surface area contributed by atoms with Crippen LogP contribution in [0.15, 0.2) is 24.3 Å². The average molecular weight is 304 g/mol. The van der Waals surface area contributed by atoms with Crippen LogP contribution in [0.3, 0.4) is 0 Å². The van der Waals surface area contributed by atoms with E-state index in [1.54, 1.807) is 0 Å². The predicted molar refractivity (Wildman–Crippen MR) is 83.1 cm³/mol. The molecule has 0 aliphatic carbocycles. The van der Waals surface area contributed by atoms with Crippen LogP contribution in [0.5, 0.6) is 0 Å². The molecule has 1 N–H and O–H groups in total. The highest BCUT2D eigenvalue weighted by atomic mass is 32.2. The van der Waals surface area contributed by atoms with E-state index in [2.05, 4.69) is 14.7 Å². The smallest absolute Gasteiger partial charge is 0.231 e. The number of benzene rings is 1. The molecule has 2 aromatic heterocycles. The average Bonchev–Trinajstić information content (AvgIpc) is 2.75. The van der Waals surface area contributed by atoms with Crippen molar-refractivity contribution in [2.24, 2.45) is 0 Å². The first-order valence-corrected chi connectivity index (χ1v) is 8.54. The molecule has 6 nitrogen and oxygen atoms in total. The molecule has 0 aliphatic rings. The number of rotatable bonds is 3. The molecule has 0 fully saturated rings. The van der Waals surface area contributed by atoms with Gasteiger partial charge in [-0.2, -0.15) is 0 Å². The van der Waals surface area contributed by atoms with E-state index in [9.17, 15) is 8.42 Å². The fourth-order valence-corrected chi connectivity index (χ4v) is 3.02. The second kappa shape index (κ2) is 4.70. The van der Waals surface area contributed by atoms with Crippen LogP contribution in [0.1, 0.15) is 18.4 Å². The zero-order valence-corrected chi connectivity index (χ0v) is 12.9. The van der Waals surface area contributed by atoms with E-state index in [0.717, 1.165) is 35.2 Å². The first kappa shape index (κ1) is 13.8. The highest BCUT2D eigenvalue weighted by Crippen LogP contribution is 2.26. The zero-order valence-electron chi connectivity index (χ0n) is 12.1. The lowest BCUT2D eigenvalue weighted by Crippen LogP contribution is -2.12. The van der Waals surface area contributed by atoms with E-state index in [1.165, 1.54) is 0 Å². The Bertz CT molecular complexity index is 944. The predicted octanol–water partition coefficient (Wildman–Crippen LogP) is 2.12. The molecule has 3 aromatic rings. The van der Waals surface area contributed by atoms with Crippen molar-refractivity contribution in [3.63, 3.8) is 0 Å². The van der Waals surface area contributed by atoms with Crippen LogP contribution in [-0.2, 0) is 16.4 Å². The number of aromatic nitrogens is 3. The van der Waals surface area contributed by atoms with Gasteiger partial charge in [-0.1, -0.05) is 19.1 Å². The lowest BCUT2D eigenvalue weighted by molar-refractivity contribution is 0.606. The van der Waals surface area contributed by atoms with Crippen molar-refractivity contribution in [3.8, 4) is 0 Å². The maximum absolute atomic E-state index is 11.6. The number of nitrogens with one attached hydrogen (secondary N) is 1. The molecular weight excluding hydrogens is 288 g/mol. The molecule has 0 spiro atoms. The molecule has 110 valence electrons. The van der Waals surface area contributed by atoms with E-state index >= 15 is 0 Å². The van der Waals surface area contributed by atoms with E-state index < -0.39 is 10.0 Å². The number of fused-ring (bicyclic) bond motifs is 3. The third-order valence-electron chi connectivity index (χ3n) is 3.30. The van der Waals surface area contributed by atoms with Crippen molar-refractivity contribution in [3.05, 3.63) is 35.8 Å². The minimum Gasteiger partial charge on any atom is -0.291 e. The van der Waals surface area contributed by atoms with E-state index in [1.807, 2.05) is 42.5 Å². The van der Waals surface area contributed by atoms with Crippen LogP contribution in [0.2, 0.25) is 0 Å². The van der Waals surface area contributed by atoms with Gasteiger partial charge in [0.25, 0.3) is 0 Å². The Balaban J connectivity index is 2.49. The molecule has 0 atom stereocenters. The quantitative estimate of drug-likeness (QED) is 0.804. The molecule has 0 saturated carbocycles. The van der Waals surface area contributed by atoms with Gasteiger partial charge >= 0.3 is 0 Å². The van der Waals surface area contributed by atoms with Crippen LogP contribution in [0.4, 0.5) is 5.82 Å². The van der Waals surface area contributed by atoms with Crippen LogP contribution in [0, 0.1) is 6.92 Å². The summed E-state index contributed by atoms with van der Waals surface area (Å²) in [7, 11) is -3.41. The minimum absolute atomic E-state index is 0.320. The van der Waals surface area contributed by atoms with Gasteiger partial charge in [-0.25, -0.2) is 18.4 Å². The van der Waals surface area contributed by atoms with E-state index in [0.29, 0.717) is 11.3 Å². The molecule has 1 aromatic carbocycles. The van der Waals surface area contributed by atoms with Gasteiger partial charge in [0.15, 0.2) is 5.82 Å². The number of imidazole rings is 1. The van der Waals surface area contributed by atoms with Crippen molar-refractivity contribution in [1.82, 2.24) is 14.4 Å². The molecular formula is C14H16N4O2S. The zero-order chi connectivity index (χ0) is 15.2. The lowest BCUT2D eigenvalue weighted by Gasteiger charge is -2.10. The molecule has 0 aliphatic heterocycles. The van der Waals surface area contributed by atoms with Crippen molar-refractivity contribution >= 4 is 32.4 Å². The Morgan fingerprint density at radius 3 is 2.62 bits per heavy atom. The fraction of sp³-hybridized carbons (Fsp3) is 0.286. The van der Waals surface area contributed by atoms with Crippen molar-refractivity contribution < 1.29 is 8.42 Å². The second-order valence-electron chi connectivity index (χ2n) is 4.97. The fourth-order valence-electron chi connectivity index (χ4n) is 2.53. The highest BCUT2D eigenvalue weighted by molar-refractivity contribution is 7.92. The van der Waals surface area contributed by atoms with Crippen LogP contribution < -0.4 is 4.72 Å².